The number of nitrogens with one attached hydrogen (secondary N) is 2. The lowest BCUT2D eigenvalue weighted by molar-refractivity contribution is 0.00272. The molecular weight excluding hydrogens is 469 g/mol. The van der Waals surface area contributed by atoms with Crippen molar-refractivity contribution in [1.29, 1.82) is 0 Å². The fraction of sp³-hybridized carbons (Fsp3) is 0.800. The van der Waals surface area contributed by atoms with E-state index in [1.807, 2.05) is 13.8 Å². The Bertz CT molecular complexity index is 564. The summed E-state index contributed by atoms with van der Waals surface area (Å²) in [5.74, 6) is 3.00. The van der Waals surface area contributed by atoms with Gasteiger partial charge in [0.25, 0.3) is 0 Å². The molecule has 1 fully saturated rings. The van der Waals surface area contributed by atoms with Gasteiger partial charge in [-0.25, -0.2) is 9.98 Å². The second-order valence-corrected chi connectivity index (χ2v) is 7.12. The average Bonchev–Trinajstić information content (AvgIpc) is 3.01. The van der Waals surface area contributed by atoms with Crippen LogP contribution >= 0.6 is 24.0 Å². The number of oxazole rings is 1. The molecule has 1 aromatic rings. The zero-order chi connectivity index (χ0) is 19.6. The summed E-state index contributed by atoms with van der Waals surface area (Å²) in [7, 11) is 0. The number of ether oxygens (including phenoxy) is 1. The van der Waals surface area contributed by atoms with Crippen LogP contribution in [0.15, 0.2) is 9.41 Å². The zero-order valence-corrected chi connectivity index (χ0v) is 20.4. The maximum Gasteiger partial charge on any atom is 0.216 e. The lowest BCUT2D eigenvalue weighted by atomic mass is 9.92. The van der Waals surface area contributed by atoms with E-state index in [-0.39, 0.29) is 24.0 Å². The van der Waals surface area contributed by atoms with E-state index in [1.165, 1.54) is 12.8 Å². The number of guanidine groups is 1. The van der Waals surface area contributed by atoms with Crippen LogP contribution in [0.1, 0.15) is 51.0 Å². The molecule has 1 aliphatic heterocycles. The Labute approximate surface area is 187 Å². The van der Waals surface area contributed by atoms with Crippen LogP contribution in [-0.2, 0) is 11.3 Å². The minimum Gasteiger partial charge on any atom is -0.444 e. The largest absolute Gasteiger partial charge is 0.444 e. The van der Waals surface area contributed by atoms with E-state index < -0.39 is 0 Å². The summed E-state index contributed by atoms with van der Waals surface area (Å²) in [5, 5.41) is 6.88. The number of rotatable bonds is 9. The van der Waals surface area contributed by atoms with Crippen LogP contribution in [0.4, 0.5) is 0 Å². The van der Waals surface area contributed by atoms with E-state index in [1.54, 1.807) is 0 Å². The predicted octanol–water partition coefficient (Wildman–Crippen LogP) is 3.10. The molecule has 1 unspecified atom stereocenters. The first kappa shape index (κ1) is 25.2. The Morgan fingerprint density at radius 1 is 1.14 bits per heavy atom. The molecule has 162 valence electrons. The van der Waals surface area contributed by atoms with Crippen molar-refractivity contribution in [3.05, 3.63) is 17.3 Å². The first-order chi connectivity index (χ1) is 13.1. The number of aromatic nitrogens is 1. The van der Waals surface area contributed by atoms with E-state index in [2.05, 4.69) is 46.3 Å². The molecule has 8 heteroatoms. The Morgan fingerprint density at radius 2 is 1.82 bits per heavy atom. The summed E-state index contributed by atoms with van der Waals surface area (Å²) < 4.78 is 11.2. The fourth-order valence-electron chi connectivity index (χ4n) is 3.63. The van der Waals surface area contributed by atoms with Crippen molar-refractivity contribution >= 4 is 29.9 Å². The minimum atomic E-state index is 0. The number of aliphatic imine (C=N–C) groups is 1. The van der Waals surface area contributed by atoms with Gasteiger partial charge in [-0.2, -0.15) is 0 Å². The van der Waals surface area contributed by atoms with Crippen molar-refractivity contribution in [3.63, 3.8) is 0 Å². The van der Waals surface area contributed by atoms with E-state index in [4.69, 9.17) is 9.15 Å². The van der Waals surface area contributed by atoms with Gasteiger partial charge in [-0.1, -0.05) is 26.7 Å². The highest BCUT2D eigenvalue weighted by Crippen LogP contribution is 2.19. The predicted molar refractivity (Wildman–Crippen MR) is 124 cm³/mol. The van der Waals surface area contributed by atoms with Crippen LogP contribution in [0.3, 0.4) is 0 Å². The van der Waals surface area contributed by atoms with Crippen LogP contribution in [0.2, 0.25) is 0 Å². The third kappa shape index (κ3) is 7.51. The third-order valence-corrected chi connectivity index (χ3v) is 5.38. The van der Waals surface area contributed by atoms with Gasteiger partial charge in [0.2, 0.25) is 5.89 Å². The maximum atomic E-state index is 5.64. The van der Waals surface area contributed by atoms with Gasteiger partial charge in [0.15, 0.2) is 5.96 Å². The first-order valence-electron chi connectivity index (χ1n) is 10.4. The first-order valence-corrected chi connectivity index (χ1v) is 10.4. The number of halogens is 1. The number of nitrogens with zero attached hydrogens (tertiary/aromatic N) is 3. The van der Waals surface area contributed by atoms with Crippen molar-refractivity contribution in [2.75, 3.05) is 39.4 Å². The molecule has 2 N–H and O–H groups in total. The highest BCUT2D eigenvalue weighted by molar-refractivity contribution is 14.0. The molecule has 1 saturated heterocycles. The van der Waals surface area contributed by atoms with Crippen molar-refractivity contribution in [3.8, 4) is 0 Å². The molecule has 2 heterocycles. The summed E-state index contributed by atoms with van der Waals surface area (Å²) in [4.78, 5) is 11.6. The average molecular weight is 507 g/mol. The zero-order valence-electron chi connectivity index (χ0n) is 18.1. The van der Waals surface area contributed by atoms with Crippen molar-refractivity contribution < 1.29 is 9.15 Å². The molecule has 1 atom stereocenters. The number of hydrogen-bond donors (Lipinski definition) is 2. The van der Waals surface area contributed by atoms with Crippen LogP contribution in [-0.4, -0.2) is 61.3 Å². The van der Waals surface area contributed by atoms with Crippen LogP contribution in [0.5, 0.6) is 0 Å². The van der Waals surface area contributed by atoms with Gasteiger partial charge in [-0.3, -0.25) is 4.90 Å². The Morgan fingerprint density at radius 3 is 2.36 bits per heavy atom. The van der Waals surface area contributed by atoms with Gasteiger partial charge >= 0.3 is 0 Å². The number of aryl methyl sites for hydroxylation is 2. The normalized spacial score (nSPS) is 16.7. The lowest BCUT2D eigenvalue weighted by Gasteiger charge is -2.39. The van der Waals surface area contributed by atoms with Crippen LogP contribution < -0.4 is 10.6 Å². The summed E-state index contributed by atoms with van der Waals surface area (Å²) in [6, 6.07) is 0.485. The molecular formula is C20H38IN5O2. The van der Waals surface area contributed by atoms with Gasteiger partial charge in [0, 0.05) is 32.2 Å². The van der Waals surface area contributed by atoms with Gasteiger partial charge in [0.1, 0.15) is 12.3 Å². The van der Waals surface area contributed by atoms with Crippen molar-refractivity contribution in [2.24, 2.45) is 10.9 Å². The summed E-state index contributed by atoms with van der Waals surface area (Å²) in [6.07, 6.45) is 2.37. The van der Waals surface area contributed by atoms with E-state index in [0.717, 1.165) is 56.8 Å². The molecule has 7 nitrogen and oxygen atoms in total. The quantitative estimate of drug-likeness (QED) is 0.304. The van der Waals surface area contributed by atoms with Gasteiger partial charge < -0.3 is 19.8 Å². The Balaban J connectivity index is 0.00000392. The molecule has 0 saturated carbocycles. The standard InChI is InChI=1S/C20H37N5O2.HI/c1-6-17(7-2)18(25-9-11-26-12-10-25)13-22-20(21-8-3)23-14-19-24-15(4)16(5)27-19;/h17-18H,6-14H2,1-5H3,(H2,21,22,23);1H. The molecule has 0 radical (unpaired) electrons. The molecule has 0 bridgehead atoms. The molecule has 0 aromatic carbocycles. The smallest absolute Gasteiger partial charge is 0.216 e. The second kappa shape index (κ2) is 13.4. The second-order valence-electron chi connectivity index (χ2n) is 7.12. The molecule has 1 aliphatic rings. The minimum absolute atomic E-state index is 0. The molecule has 28 heavy (non-hydrogen) atoms. The van der Waals surface area contributed by atoms with Gasteiger partial charge in [-0.05, 0) is 26.7 Å². The summed E-state index contributed by atoms with van der Waals surface area (Å²) in [5.41, 5.74) is 0.930. The Hall–Kier alpha value is -0.870. The highest BCUT2D eigenvalue weighted by Gasteiger charge is 2.27. The summed E-state index contributed by atoms with van der Waals surface area (Å²) in [6.45, 7) is 16.3. The van der Waals surface area contributed by atoms with E-state index in [0.29, 0.717) is 24.4 Å². The van der Waals surface area contributed by atoms with E-state index >= 15 is 0 Å². The van der Waals surface area contributed by atoms with Crippen molar-refractivity contribution in [1.82, 2.24) is 20.5 Å². The molecule has 1 aromatic heterocycles. The summed E-state index contributed by atoms with van der Waals surface area (Å²) >= 11 is 0. The monoisotopic (exact) mass is 507 g/mol. The number of hydrogen-bond acceptors (Lipinski definition) is 5. The molecule has 0 amide bonds. The van der Waals surface area contributed by atoms with Crippen LogP contribution in [0.25, 0.3) is 0 Å². The fourth-order valence-corrected chi connectivity index (χ4v) is 3.63. The lowest BCUT2D eigenvalue weighted by Crippen LogP contribution is -2.53. The SMILES string of the molecule is CCNC(=NCc1nc(C)c(C)o1)NCC(C(CC)CC)N1CCOCC1.I. The highest BCUT2D eigenvalue weighted by atomic mass is 127. The van der Waals surface area contributed by atoms with Gasteiger partial charge in [0.05, 0.1) is 18.9 Å². The maximum absolute atomic E-state index is 5.64. The van der Waals surface area contributed by atoms with E-state index in [9.17, 15) is 0 Å². The molecule has 0 spiro atoms. The topological polar surface area (TPSA) is 74.9 Å². The van der Waals surface area contributed by atoms with Crippen molar-refractivity contribution in [2.45, 2.75) is 60.0 Å². The molecule has 0 aliphatic carbocycles. The molecule has 2 rings (SSSR count). The number of morpholine rings is 1. The van der Waals surface area contributed by atoms with Gasteiger partial charge in [-0.15, -0.1) is 24.0 Å². The Kier molecular flexibility index (Phi) is 12.0. The third-order valence-electron chi connectivity index (χ3n) is 5.38. The van der Waals surface area contributed by atoms with Crippen LogP contribution in [0, 0.1) is 19.8 Å².